The molecule has 0 spiro atoms. The molecule has 1 saturated heterocycles. The average molecular weight is 367 g/mol. The number of rotatable bonds is 4. The van der Waals surface area contributed by atoms with E-state index in [1.807, 2.05) is 54.3 Å². The van der Waals surface area contributed by atoms with Crippen molar-refractivity contribution in [2.45, 2.75) is 17.4 Å². The third-order valence-corrected chi connectivity index (χ3v) is 5.54. The topological polar surface area (TPSA) is 49.6 Å². The maximum absolute atomic E-state index is 12.8. The van der Waals surface area contributed by atoms with E-state index >= 15 is 0 Å². The molecule has 6 heteroatoms. The molecule has 1 aliphatic rings. The lowest BCUT2D eigenvalue weighted by molar-refractivity contribution is -0.130. The van der Waals surface area contributed by atoms with Gasteiger partial charge in [0.1, 0.15) is 5.52 Å². The minimum Gasteiger partial charge on any atom is -0.431 e. The van der Waals surface area contributed by atoms with Gasteiger partial charge in [-0.2, -0.15) is 0 Å². The van der Waals surface area contributed by atoms with Crippen molar-refractivity contribution in [3.8, 4) is 0 Å². The van der Waals surface area contributed by atoms with Gasteiger partial charge in [0.05, 0.1) is 5.25 Å². The number of amides is 1. The first-order valence-corrected chi connectivity index (χ1v) is 9.70. The first kappa shape index (κ1) is 17.0. The highest BCUT2D eigenvalue weighted by atomic mass is 32.2. The monoisotopic (exact) mass is 367 g/mol. The second kappa shape index (κ2) is 7.41. The molecule has 1 unspecified atom stereocenters. The van der Waals surface area contributed by atoms with Crippen molar-refractivity contribution in [2.75, 3.05) is 31.1 Å². The molecule has 0 radical (unpaired) electrons. The van der Waals surface area contributed by atoms with E-state index in [1.165, 1.54) is 17.4 Å². The van der Waals surface area contributed by atoms with Crippen LogP contribution in [0.2, 0.25) is 0 Å². The lowest BCUT2D eigenvalue weighted by atomic mass is 10.2. The van der Waals surface area contributed by atoms with Crippen LogP contribution in [0, 0.1) is 0 Å². The number of hydrogen-bond donors (Lipinski definition) is 0. The summed E-state index contributed by atoms with van der Waals surface area (Å²) in [5.74, 6) is 0.143. The molecule has 4 rings (SSSR count). The number of nitrogens with zero attached hydrogens (tertiary/aromatic N) is 3. The van der Waals surface area contributed by atoms with E-state index < -0.39 is 0 Å². The predicted molar refractivity (Wildman–Crippen MR) is 105 cm³/mol. The van der Waals surface area contributed by atoms with Gasteiger partial charge in [0.2, 0.25) is 5.91 Å². The van der Waals surface area contributed by atoms with Crippen molar-refractivity contribution in [1.82, 2.24) is 9.88 Å². The Hall–Kier alpha value is -2.47. The van der Waals surface area contributed by atoms with E-state index in [9.17, 15) is 4.79 Å². The summed E-state index contributed by atoms with van der Waals surface area (Å²) < 4.78 is 5.72. The van der Waals surface area contributed by atoms with E-state index in [-0.39, 0.29) is 11.2 Å². The van der Waals surface area contributed by atoms with Gasteiger partial charge in [-0.05, 0) is 31.2 Å². The van der Waals surface area contributed by atoms with Crippen molar-refractivity contribution >= 4 is 34.5 Å². The Kier molecular flexibility index (Phi) is 4.84. The molecule has 0 saturated carbocycles. The van der Waals surface area contributed by atoms with Crippen LogP contribution < -0.4 is 4.90 Å². The van der Waals surface area contributed by atoms with Crippen molar-refractivity contribution in [3.63, 3.8) is 0 Å². The van der Waals surface area contributed by atoms with Gasteiger partial charge in [0.15, 0.2) is 5.58 Å². The molecule has 1 atom stereocenters. The summed E-state index contributed by atoms with van der Waals surface area (Å²) in [6.07, 6.45) is 0. The van der Waals surface area contributed by atoms with Crippen LogP contribution in [0.3, 0.4) is 0 Å². The summed E-state index contributed by atoms with van der Waals surface area (Å²) >= 11 is 1.39. The normalized spacial score (nSPS) is 16.0. The Morgan fingerprint density at radius 1 is 1.04 bits per heavy atom. The Morgan fingerprint density at radius 3 is 2.46 bits per heavy atom. The molecule has 1 aliphatic heterocycles. The number of aromatic nitrogens is 1. The van der Waals surface area contributed by atoms with Crippen LogP contribution in [0.1, 0.15) is 6.92 Å². The van der Waals surface area contributed by atoms with Gasteiger partial charge in [-0.15, -0.1) is 0 Å². The number of oxazole rings is 1. The van der Waals surface area contributed by atoms with Crippen molar-refractivity contribution < 1.29 is 9.21 Å². The van der Waals surface area contributed by atoms with Crippen LogP contribution in [-0.2, 0) is 4.79 Å². The molecular weight excluding hydrogens is 346 g/mol. The molecule has 3 aromatic rings. The molecule has 0 aliphatic carbocycles. The van der Waals surface area contributed by atoms with Crippen LogP contribution in [0.15, 0.2) is 64.2 Å². The van der Waals surface area contributed by atoms with Gasteiger partial charge >= 0.3 is 0 Å². The molecule has 1 fully saturated rings. The zero-order chi connectivity index (χ0) is 17.9. The van der Waals surface area contributed by atoms with Crippen molar-refractivity contribution in [1.29, 1.82) is 0 Å². The third-order valence-electron chi connectivity index (χ3n) is 4.61. The molecule has 0 bridgehead atoms. The first-order chi connectivity index (χ1) is 12.7. The van der Waals surface area contributed by atoms with E-state index in [0.717, 1.165) is 37.3 Å². The molecule has 2 aromatic carbocycles. The fraction of sp³-hybridized carbons (Fsp3) is 0.300. The van der Waals surface area contributed by atoms with Gasteiger partial charge in [-0.25, -0.2) is 4.98 Å². The number of thioether (sulfide) groups is 1. The molecule has 134 valence electrons. The van der Waals surface area contributed by atoms with Crippen LogP contribution in [0.5, 0.6) is 0 Å². The Balaban J connectivity index is 1.35. The summed E-state index contributed by atoms with van der Waals surface area (Å²) in [4.78, 5) is 21.5. The average Bonchev–Trinajstić information content (AvgIpc) is 3.10. The molecule has 0 N–H and O–H groups in total. The quantitative estimate of drug-likeness (QED) is 0.659. The fourth-order valence-corrected chi connectivity index (χ4v) is 4.03. The molecule has 5 nitrogen and oxygen atoms in total. The van der Waals surface area contributed by atoms with E-state index in [0.29, 0.717) is 5.22 Å². The number of carbonyl (C=O) groups excluding carboxylic acids is 1. The summed E-state index contributed by atoms with van der Waals surface area (Å²) in [7, 11) is 0. The number of hydrogen-bond acceptors (Lipinski definition) is 5. The van der Waals surface area contributed by atoms with Crippen molar-refractivity contribution in [2.24, 2.45) is 0 Å². The smallest absolute Gasteiger partial charge is 0.257 e. The highest BCUT2D eigenvalue weighted by Crippen LogP contribution is 2.28. The van der Waals surface area contributed by atoms with E-state index in [2.05, 4.69) is 22.0 Å². The molecule has 2 heterocycles. The third kappa shape index (κ3) is 3.55. The minimum absolute atomic E-state index is 0.143. The second-order valence-electron chi connectivity index (χ2n) is 6.36. The van der Waals surface area contributed by atoms with Gasteiger partial charge < -0.3 is 14.2 Å². The largest absolute Gasteiger partial charge is 0.431 e. The van der Waals surface area contributed by atoms with Gasteiger partial charge in [-0.3, -0.25) is 4.79 Å². The van der Waals surface area contributed by atoms with Crippen molar-refractivity contribution in [3.05, 3.63) is 54.6 Å². The minimum atomic E-state index is -0.216. The Morgan fingerprint density at radius 2 is 1.73 bits per heavy atom. The van der Waals surface area contributed by atoms with Crippen LogP contribution in [0.4, 0.5) is 5.69 Å². The summed E-state index contributed by atoms with van der Waals surface area (Å²) in [6.45, 7) is 5.12. The summed E-state index contributed by atoms with van der Waals surface area (Å²) in [5, 5.41) is 0.335. The van der Waals surface area contributed by atoms with Crippen LogP contribution in [0.25, 0.3) is 11.1 Å². The Labute approximate surface area is 157 Å². The maximum Gasteiger partial charge on any atom is 0.257 e. The van der Waals surface area contributed by atoms with Gasteiger partial charge in [-0.1, -0.05) is 42.1 Å². The molecule has 1 amide bonds. The first-order valence-electron chi connectivity index (χ1n) is 8.82. The predicted octanol–water partition coefficient (Wildman–Crippen LogP) is 3.66. The Bertz CT molecular complexity index is 855. The van der Waals surface area contributed by atoms with Gasteiger partial charge in [0.25, 0.3) is 5.22 Å². The van der Waals surface area contributed by atoms with E-state index in [1.54, 1.807) is 0 Å². The number of benzene rings is 2. The summed E-state index contributed by atoms with van der Waals surface area (Å²) in [6, 6.07) is 18.0. The standard InChI is InChI=1S/C20H21N3O2S/c1-15(26-20-21-17-9-5-6-10-18(17)25-20)19(24)23-13-11-22(12-14-23)16-7-3-2-4-8-16/h2-10,15H,11-14H2,1H3. The number of para-hydroxylation sites is 3. The highest BCUT2D eigenvalue weighted by Gasteiger charge is 2.26. The molecule has 26 heavy (non-hydrogen) atoms. The number of carbonyl (C=O) groups is 1. The lowest BCUT2D eigenvalue weighted by Crippen LogP contribution is -2.50. The molecular formula is C20H21N3O2S. The number of anilines is 1. The maximum atomic E-state index is 12.8. The summed E-state index contributed by atoms with van der Waals surface area (Å²) in [5.41, 5.74) is 2.80. The number of fused-ring (bicyclic) bond motifs is 1. The molecule has 1 aromatic heterocycles. The highest BCUT2D eigenvalue weighted by molar-refractivity contribution is 8.00. The van der Waals surface area contributed by atoms with Gasteiger partial charge in [0, 0.05) is 31.9 Å². The SMILES string of the molecule is CC(Sc1nc2ccccc2o1)C(=O)N1CCN(c2ccccc2)CC1. The van der Waals surface area contributed by atoms with E-state index in [4.69, 9.17) is 4.42 Å². The zero-order valence-electron chi connectivity index (χ0n) is 14.7. The zero-order valence-corrected chi connectivity index (χ0v) is 15.5. The van der Waals surface area contributed by atoms with Crippen LogP contribution >= 0.6 is 11.8 Å². The van der Waals surface area contributed by atoms with Crippen LogP contribution in [-0.4, -0.2) is 47.2 Å². The second-order valence-corrected chi connectivity index (χ2v) is 7.65. The lowest BCUT2D eigenvalue weighted by Gasteiger charge is -2.37. The fourth-order valence-electron chi connectivity index (χ4n) is 3.18. The number of piperazine rings is 1.